The third-order valence-corrected chi connectivity index (χ3v) is 3.63. The van der Waals surface area contributed by atoms with Crippen molar-refractivity contribution >= 4 is 5.82 Å². The highest BCUT2D eigenvalue weighted by Crippen LogP contribution is 2.28. The molecule has 1 unspecified atom stereocenters. The Labute approximate surface area is 112 Å². The summed E-state index contributed by atoms with van der Waals surface area (Å²) in [7, 11) is 0. The smallest absolute Gasteiger partial charge is 0.169 e. The monoisotopic (exact) mass is 258 g/mol. The van der Waals surface area contributed by atoms with Crippen LogP contribution >= 0.6 is 0 Å². The van der Waals surface area contributed by atoms with Crippen molar-refractivity contribution in [2.45, 2.75) is 32.4 Å². The maximum Gasteiger partial charge on any atom is 0.169 e. The average Bonchev–Trinajstić information content (AvgIpc) is 2.79. The second-order valence-electron chi connectivity index (χ2n) is 4.77. The third-order valence-electron chi connectivity index (χ3n) is 3.63. The first kappa shape index (κ1) is 12.2. The van der Waals surface area contributed by atoms with Gasteiger partial charge in [0.15, 0.2) is 5.82 Å². The first-order valence-electron chi connectivity index (χ1n) is 6.66. The molecule has 1 atom stereocenters. The number of hydrogen-bond acceptors (Lipinski definition) is 4. The molecule has 0 fully saturated rings. The van der Waals surface area contributed by atoms with Crippen LogP contribution in [-0.4, -0.2) is 21.6 Å². The lowest BCUT2D eigenvalue weighted by molar-refractivity contribution is 0.0274. The first-order valence-corrected chi connectivity index (χ1v) is 6.66. The number of hydrogen-bond donors (Lipinski definition) is 1. The maximum atomic E-state index is 5.89. The average molecular weight is 258 g/mol. The molecule has 1 aliphatic heterocycles. The number of nitrogens with two attached hydrogens (primary N) is 1. The molecular formula is C14H18N4O. The third kappa shape index (κ3) is 2.21. The Morgan fingerprint density at radius 2 is 2.26 bits per heavy atom. The fourth-order valence-corrected chi connectivity index (χ4v) is 2.64. The second-order valence-corrected chi connectivity index (χ2v) is 4.77. The van der Waals surface area contributed by atoms with Crippen molar-refractivity contribution in [2.24, 2.45) is 0 Å². The summed E-state index contributed by atoms with van der Waals surface area (Å²) in [5.41, 5.74) is 9.41. The molecule has 0 bridgehead atoms. The summed E-state index contributed by atoms with van der Waals surface area (Å²) >= 11 is 0. The molecule has 100 valence electrons. The predicted molar refractivity (Wildman–Crippen MR) is 72.7 cm³/mol. The van der Waals surface area contributed by atoms with Gasteiger partial charge in [0.05, 0.1) is 18.8 Å². The minimum atomic E-state index is 0.0383. The molecule has 1 aromatic carbocycles. The van der Waals surface area contributed by atoms with Gasteiger partial charge in [-0.3, -0.25) is 0 Å². The molecule has 5 nitrogen and oxygen atoms in total. The van der Waals surface area contributed by atoms with Gasteiger partial charge in [-0.2, -0.15) is 0 Å². The van der Waals surface area contributed by atoms with Gasteiger partial charge < -0.3 is 10.5 Å². The number of nitrogens with zero attached hydrogens (tertiary/aromatic N) is 3. The summed E-state index contributed by atoms with van der Waals surface area (Å²) in [4.78, 5) is 0. The topological polar surface area (TPSA) is 66.0 Å². The zero-order valence-corrected chi connectivity index (χ0v) is 11.0. The Bertz CT molecular complexity index is 579. The van der Waals surface area contributed by atoms with Crippen LogP contribution in [0.4, 0.5) is 5.82 Å². The lowest BCUT2D eigenvalue weighted by atomic mass is 9.97. The summed E-state index contributed by atoms with van der Waals surface area (Å²) in [6, 6.07) is 8.43. The van der Waals surface area contributed by atoms with Gasteiger partial charge in [-0.1, -0.05) is 36.4 Å². The van der Waals surface area contributed by atoms with Gasteiger partial charge in [0.2, 0.25) is 0 Å². The van der Waals surface area contributed by atoms with Crippen LogP contribution in [0, 0.1) is 0 Å². The number of fused-ring (bicyclic) bond motifs is 1. The van der Waals surface area contributed by atoms with Crippen LogP contribution in [0.1, 0.15) is 29.8 Å². The maximum absolute atomic E-state index is 5.89. The molecule has 2 aromatic rings. The number of ether oxygens (including phenoxy) is 1. The molecule has 1 aliphatic rings. The Hall–Kier alpha value is -1.88. The van der Waals surface area contributed by atoms with E-state index < -0.39 is 0 Å². The Morgan fingerprint density at radius 3 is 3.11 bits per heavy atom. The molecule has 19 heavy (non-hydrogen) atoms. The van der Waals surface area contributed by atoms with E-state index in [0.717, 1.165) is 25.1 Å². The Morgan fingerprint density at radius 1 is 1.42 bits per heavy atom. The van der Waals surface area contributed by atoms with Crippen molar-refractivity contribution in [3.05, 3.63) is 41.1 Å². The zero-order chi connectivity index (χ0) is 13.2. The van der Waals surface area contributed by atoms with Crippen LogP contribution in [0.25, 0.3) is 0 Å². The van der Waals surface area contributed by atoms with E-state index in [0.29, 0.717) is 12.4 Å². The van der Waals surface area contributed by atoms with E-state index in [2.05, 4.69) is 41.5 Å². The van der Waals surface area contributed by atoms with Crippen LogP contribution in [0.15, 0.2) is 24.3 Å². The van der Waals surface area contributed by atoms with Crippen molar-refractivity contribution in [3.8, 4) is 0 Å². The predicted octanol–water partition coefficient (Wildman–Crippen LogP) is 1.74. The van der Waals surface area contributed by atoms with E-state index in [4.69, 9.17) is 10.5 Å². The summed E-state index contributed by atoms with van der Waals surface area (Å²) < 4.78 is 7.75. The number of nitrogen functional groups attached to an aromatic ring is 1. The van der Waals surface area contributed by atoms with Crippen molar-refractivity contribution in [2.75, 3.05) is 12.3 Å². The van der Waals surface area contributed by atoms with Crippen molar-refractivity contribution in [1.82, 2.24) is 15.0 Å². The lowest BCUT2D eigenvalue weighted by Crippen LogP contribution is -2.22. The van der Waals surface area contributed by atoms with E-state index in [-0.39, 0.29) is 6.10 Å². The molecule has 2 N–H and O–H groups in total. The molecule has 3 rings (SSSR count). The molecule has 0 saturated carbocycles. The minimum absolute atomic E-state index is 0.0383. The van der Waals surface area contributed by atoms with Gasteiger partial charge in [0.25, 0.3) is 0 Å². The van der Waals surface area contributed by atoms with E-state index in [9.17, 15) is 0 Å². The second kappa shape index (κ2) is 5.01. The number of rotatable bonds is 3. The quantitative estimate of drug-likeness (QED) is 0.910. The molecule has 0 aliphatic carbocycles. The van der Waals surface area contributed by atoms with Crippen molar-refractivity contribution < 1.29 is 4.74 Å². The molecular weight excluding hydrogens is 240 g/mol. The standard InChI is InChI=1S/C14H18N4O/c1-2-12-14(15)16-17-18(12)9-13-11-6-4-3-5-10(11)7-8-19-13/h3-6,13H,2,7-9,15H2,1H3. The van der Waals surface area contributed by atoms with Gasteiger partial charge in [-0.05, 0) is 24.0 Å². The van der Waals surface area contributed by atoms with Crippen molar-refractivity contribution in [1.29, 1.82) is 0 Å². The van der Waals surface area contributed by atoms with E-state index in [1.807, 2.05) is 4.68 Å². The number of anilines is 1. The van der Waals surface area contributed by atoms with E-state index in [1.54, 1.807) is 0 Å². The first-order chi connectivity index (χ1) is 9.29. The van der Waals surface area contributed by atoms with Crippen LogP contribution < -0.4 is 5.73 Å². The fraction of sp³-hybridized carbons (Fsp3) is 0.429. The molecule has 0 saturated heterocycles. The number of benzene rings is 1. The summed E-state index contributed by atoms with van der Waals surface area (Å²) in [6.45, 7) is 3.49. The molecule has 1 aromatic heterocycles. The highest BCUT2D eigenvalue weighted by molar-refractivity contribution is 5.34. The summed E-state index contributed by atoms with van der Waals surface area (Å²) in [5, 5.41) is 8.06. The van der Waals surface area contributed by atoms with Crippen molar-refractivity contribution in [3.63, 3.8) is 0 Å². The zero-order valence-electron chi connectivity index (χ0n) is 11.0. The van der Waals surface area contributed by atoms with E-state index in [1.165, 1.54) is 11.1 Å². The van der Waals surface area contributed by atoms with Gasteiger partial charge in [0, 0.05) is 0 Å². The number of aromatic nitrogens is 3. The highest BCUT2D eigenvalue weighted by Gasteiger charge is 2.22. The van der Waals surface area contributed by atoms with Gasteiger partial charge in [0.1, 0.15) is 6.10 Å². The highest BCUT2D eigenvalue weighted by atomic mass is 16.5. The lowest BCUT2D eigenvalue weighted by Gasteiger charge is -2.26. The Balaban J connectivity index is 1.88. The molecule has 5 heteroatoms. The van der Waals surface area contributed by atoms with Gasteiger partial charge in [-0.25, -0.2) is 4.68 Å². The molecule has 0 spiro atoms. The van der Waals surface area contributed by atoms with Crippen LogP contribution in [-0.2, 0) is 24.1 Å². The van der Waals surface area contributed by atoms with E-state index >= 15 is 0 Å². The largest absolute Gasteiger partial charge is 0.381 e. The summed E-state index contributed by atoms with van der Waals surface area (Å²) in [6.07, 6.45) is 1.84. The van der Waals surface area contributed by atoms with Crippen LogP contribution in [0.2, 0.25) is 0 Å². The van der Waals surface area contributed by atoms with Gasteiger partial charge in [-0.15, -0.1) is 5.10 Å². The molecule has 0 amide bonds. The minimum Gasteiger partial charge on any atom is -0.381 e. The summed E-state index contributed by atoms with van der Waals surface area (Å²) in [5.74, 6) is 0.520. The van der Waals surface area contributed by atoms with Crippen LogP contribution in [0.3, 0.4) is 0 Å². The Kier molecular flexibility index (Phi) is 3.21. The SMILES string of the molecule is CCc1c(N)nnn1CC1OCCc2ccccc21. The fourth-order valence-electron chi connectivity index (χ4n) is 2.64. The van der Waals surface area contributed by atoms with Crippen LogP contribution in [0.5, 0.6) is 0 Å². The van der Waals surface area contributed by atoms with Gasteiger partial charge >= 0.3 is 0 Å². The molecule has 2 heterocycles. The normalized spacial score (nSPS) is 18.3. The molecule has 0 radical (unpaired) electrons.